The summed E-state index contributed by atoms with van der Waals surface area (Å²) in [6.07, 6.45) is 0. The van der Waals surface area contributed by atoms with Crippen LogP contribution in [0.5, 0.6) is 0 Å². The van der Waals surface area contributed by atoms with Gasteiger partial charge in [-0.2, -0.15) is 0 Å². The predicted molar refractivity (Wildman–Crippen MR) is 57.2 cm³/mol. The number of hydrogen-bond donors (Lipinski definition) is 0. The Labute approximate surface area is 89.7 Å². The molecule has 0 unspecified atom stereocenters. The molecule has 0 spiro atoms. The summed E-state index contributed by atoms with van der Waals surface area (Å²) in [5.41, 5.74) is 0. The maximum atomic E-state index is 13.3. The molecule has 0 fully saturated rings. The molecule has 1 aromatic carbocycles. The van der Waals surface area contributed by atoms with Crippen molar-refractivity contribution < 1.29 is 4.39 Å². The third kappa shape index (κ3) is 1.32. The van der Waals surface area contributed by atoms with Crippen LogP contribution in [0.1, 0.15) is 0 Å². The molecule has 0 nitrogen and oxygen atoms in total. The molecule has 0 saturated heterocycles. The largest absolute Gasteiger partial charge is 0.206 e. The number of halogens is 3. The molecule has 0 N–H and O–H groups in total. The first kappa shape index (κ1) is 8.66. The maximum Gasteiger partial charge on any atom is 0.134 e. The summed E-state index contributed by atoms with van der Waals surface area (Å²) in [6, 6.07) is 3.38. The van der Waals surface area contributed by atoms with Crippen molar-refractivity contribution in [1.29, 1.82) is 0 Å². The standard InChI is InChI=1S/C8H3Br2FS/c9-4-1-6(11)8-5(10)3-12-7(8)2-4/h1-3H. The fourth-order valence-electron chi connectivity index (χ4n) is 1.05. The van der Waals surface area contributed by atoms with Crippen LogP contribution < -0.4 is 0 Å². The van der Waals surface area contributed by atoms with Gasteiger partial charge in [-0.15, -0.1) is 11.3 Å². The van der Waals surface area contributed by atoms with Gasteiger partial charge in [-0.25, -0.2) is 4.39 Å². The minimum Gasteiger partial charge on any atom is -0.206 e. The Bertz CT molecular complexity index is 436. The van der Waals surface area contributed by atoms with Gasteiger partial charge in [0, 0.05) is 24.4 Å². The summed E-state index contributed by atoms with van der Waals surface area (Å²) >= 11 is 8.07. The Morgan fingerprint density at radius 3 is 2.75 bits per heavy atom. The van der Waals surface area contributed by atoms with E-state index in [-0.39, 0.29) is 5.82 Å². The highest BCUT2D eigenvalue weighted by atomic mass is 79.9. The lowest BCUT2D eigenvalue weighted by atomic mass is 10.2. The Hall–Kier alpha value is 0.0700. The van der Waals surface area contributed by atoms with Gasteiger partial charge in [0.25, 0.3) is 0 Å². The average molecular weight is 310 g/mol. The van der Waals surface area contributed by atoms with Crippen LogP contribution in [-0.2, 0) is 0 Å². The van der Waals surface area contributed by atoms with E-state index < -0.39 is 0 Å². The van der Waals surface area contributed by atoms with E-state index in [1.165, 1.54) is 17.4 Å². The van der Waals surface area contributed by atoms with Gasteiger partial charge in [0.2, 0.25) is 0 Å². The quantitative estimate of drug-likeness (QED) is 0.669. The van der Waals surface area contributed by atoms with Crippen molar-refractivity contribution in [3.63, 3.8) is 0 Å². The van der Waals surface area contributed by atoms with Crippen LogP contribution in [0.3, 0.4) is 0 Å². The molecule has 0 radical (unpaired) electrons. The van der Waals surface area contributed by atoms with E-state index >= 15 is 0 Å². The highest BCUT2D eigenvalue weighted by Crippen LogP contribution is 2.34. The lowest BCUT2D eigenvalue weighted by Crippen LogP contribution is -1.75. The molecule has 0 saturated carbocycles. The van der Waals surface area contributed by atoms with Crippen LogP contribution in [0.4, 0.5) is 4.39 Å². The lowest BCUT2D eigenvalue weighted by molar-refractivity contribution is 0.639. The number of benzene rings is 1. The Morgan fingerprint density at radius 1 is 1.25 bits per heavy atom. The van der Waals surface area contributed by atoms with Crippen molar-refractivity contribution in [1.82, 2.24) is 0 Å². The summed E-state index contributed by atoms with van der Waals surface area (Å²) in [4.78, 5) is 0. The van der Waals surface area contributed by atoms with Crippen molar-refractivity contribution in [3.05, 3.63) is 32.3 Å². The highest BCUT2D eigenvalue weighted by Gasteiger charge is 2.07. The fraction of sp³-hybridized carbons (Fsp3) is 0. The van der Waals surface area contributed by atoms with Crippen molar-refractivity contribution in [2.24, 2.45) is 0 Å². The molecule has 0 aliphatic carbocycles. The number of thiophene rings is 1. The fourth-order valence-corrected chi connectivity index (χ4v) is 3.31. The molecule has 2 aromatic rings. The molecule has 0 atom stereocenters. The van der Waals surface area contributed by atoms with Crippen molar-refractivity contribution in [2.75, 3.05) is 0 Å². The minimum atomic E-state index is -0.187. The molecule has 2 rings (SSSR count). The van der Waals surface area contributed by atoms with Crippen molar-refractivity contribution >= 4 is 53.3 Å². The van der Waals surface area contributed by atoms with Crippen LogP contribution in [0.25, 0.3) is 10.1 Å². The van der Waals surface area contributed by atoms with Crippen LogP contribution in [-0.4, -0.2) is 0 Å². The Balaban J connectivity index is 2.93. The zero-order valence-corrected chi connectivity index (χ0v) is 9.76. The van der Waals surface area contributed by atoms with Crippen molar-refractivity contribution in [3.8, 4) is 0 Å². The summed E-state index contributed by atoms with van der Waals surface area (Å²) in [6.45, 7) is 0. The summed E-state index contributed by atoms with van der Waals surface area (Å²) in [5, 5.41) is 2.56. The predicted octanol–water partition coefficient (Wildman–Crippen LogP) is 4.57. The van der Waals surface area contributed by atoms with Gasteiger partial charge in [0.05, 0.1) is 0 Å². The van der Waals surface area contributed by atoms with E-state index in [1.807, 2.05) is 11.4 Å². The summed E-state index contributed by atoms with van der Waals surface area (Å²) in [7, 11) is 0. The second-order valence-electron chi connectivity index (χ2n) is 2.34. The van der Waals surface area contributed by atoms with Gasteiger partial charge in [0.1, 0.15) is 5.82 Å². The SMILES string of the molecule is Fc1cc(Br)cc2scc(Br)c12. The zero-order chi connectivity index (χ0) is 8.72. The molecule has 1 heterocycles. The van der Waals surface area contributed by atoms with Gasteiger partial charge in [-0.05, 0) is 28.1 Å². The van der Waals surface area contributed by atoms with E-state index in [1.54, 1.807) is 0 Å². The monoisotopic (exact) mass is 308 g/mol. The molecule has 4 heteroatoms. The molecule has 0 amide bonds. The van der Waals surface area contributed by atoms with E-state index in [4.69, 9.17) is 0 Å². The van der Waals surface area contributed by atoms with Crippen molar-refractivity contribution in [2.45, 2.75) is 0 Å². The summed E-state index contributed by atoms with van der Waals surface area (Å²) < 4.78 is 15.8. The first-order valence-electron chi connectivity index (χ1n) is 3.20. The van der Waals surface area contributed by atoms with E-state index in [0.717, 1.165) is 13.6 Å². The van der Waals surface area contributed by atoms with Gasteiger partial charge in [0.15, 0.2) is 0 Å². The number of hydrogen-bond acceptors (Lipinski definition) is 1. The molecule has 0 aliphatic rings. The van der Waals surface area contributed by atoms with E-state index in [2.05, 4.69) is 31.9 Å². The molecular weight excluding hydrogens is 307 g/mol. The molecule has 0 aliphatic heterocycles. The first-order chi connectivity index (χ1) is 5.68. The summed E-state index contributed by atoms with van der Waals surface area (Å²) in [5.74, 6) is -0.187. The minimum absolute atomic E-state index is 0.187. The molecule has 0 bridgehead atoms. The second-order valence-corrected chi connectivity index (χ2v) is 5.03. The third-order valence-electron chi connectivity index (χ3n) is 1.55. The molecule has 12 heavy (non-hydrogen) atoms. The Morgan fingerprint density at radius 2 is 2.00 bits per heavy atom. The van der Waals surface area contributed by atoms with Crippen LogP contribution in [0.2, 0.25) is 0 Å². The Kier molecular flexibility index (Phi) is 2.23. The second kappa shape index (κ2) is 3.09. The van der Waals surface area contributed by atoms with Crippen LogP contribution >= 0.6 is 43.2 Å². The third-order valence-corrected chi connectivity index (χ3v) is 3.86. The average Bonchev–Trinajstić information content (AvgIpc) is 2.31. The molecular formula is C8H3Br2FS. The number of rotatable bonds is 0. The van der Waals surface area contributed by atoms with Crippen LogP contribution in [0, 0.1) is 5.82 Å². The maximum absolute atomic E-state index is 13.3. The number of fused-ring (bicyclic) bond motifs is 1. The highest BCUT2D eigenvalue weighted by molar-refractivity contribution is 9.11. The smallest absolute Gasteiger partial charge is 0.134 e. The first-order valence-corrected chi connectivity index (χ1v) is 5.67. The van der Waals surface area contributed by atoms with Gasteiger partial charge in [-0.3, -0.25) is 0 Å². The molecule has 62 valence electrons. The normalized spacial score (nSPS) is 10.9. The van der Waals surface area contributed by atoms with Gasteiger partial charge < -0.3 is 0 Å². The van der Waals surface area contributed by atoms with Gasteiger partial charge in [-0.1, -0.05) is 15.9 Å². The zero-order valence-electron chi connectivity index (χ0n) is 5.77. The van der Waals surface area contributed by atoms with Crippen LogP contribution in [0.15, 0.2) is 26.5 Å². The van der Waals surface area contributed by atoms with E-state index in [9.17, 15) is 4.39 Å². The topological polar surface area (TPSA) is 0 Å². The van der Waals surface area contributed by atoms with E-state index in [0.29, 0.717) is 5.39 Å². The lowest BCUT2D eigenvalue weighted by Gasteiger charge is -1.94. The molecule has 1 aromatic heterocycles. The van der Waals surface area contributed by atoms with Gasteiger partial charge >= 0.3 is 0 Å².